The monoisotopic (exact) mass is 440 g/mol. The van der Waals surface area contributed by atoms with Crippen LogP contribution in [-0.4, -0.2) is 78.5 Å². The van der Waals surface area contributed by atoms with Crippen LogP contribution in [0.5, 0.6) is 0 Å². The highest BCUT2D eigenvalue weighted by molar-refractivity contribution is 6.36. The molecular weight excluding hydrogens is 408 g/mol. The lowest BCUT2D eigenvalue weighted by atomic mass is 9.85. The third-order valence-corrected chi connectivity index (χ3v) is 8.01. The molecule has 0 spiro atoms. The summed E-state index contributed by atoms with van der Waals surface area (Å²) in [5, 5.41) is 1.85. The first kappa shape index (κ1) is 21.2. The molecule has 3 aliphatic rings. The number of amides is 1. The molecule has 166 valence electrons. The molecule has 1 aromatic heterocycles. The number of halogens is 1. The molecule has 0 radical (unpaired) electrons. The van der Waals surface area contributed by atoms with Crippen molar-refractivity contribution < 1.29 is 4.79 Å². The third-order valence-electron chi connectivity index (χ3n) is 7.58. The summed E-state index contributed by atoms with van der Waals surface area (Å²) in [5.74, 6) is 1.17. The number of hydrogen-bond acceptors (Lipinski definition) is 4. The maximum atomic E-state index is 13.3. The lowest BCUT2D eigenvalue weighted by Gasteiger charge is -2.39. The number of fused-ring (bicyclic) bond motifs is 2. The number of rotatable bonds is 3. The number of piperidine rings is 1. The predicted molar refractivity (Wildman–Crippen MR) is 126 cm³/mol. The largest absolute Gasteiger partial charge is 0.340 e. The Labute approximate surface area is 190 Å². The summed E-state index contributed by atoms with van der Waals surface area (Å²) < 4.78 is 0. The lowest BCUT2D eigenvalue weighted by molar-refractivity contribution is -0.137. The van der Waals surface area contributed by atoms with Gasteiger partial charge in [0.25, 0.3) is 0 Å². The summed E-state index contributed by atoms with van der Waals surface area (Å²) >= 11 is 6.70. The number of likely N-dealkylation sites (tertiary alicyclic amines) is 1. The standard InChI is InChI=1S/C25H33ClN4O/c1-28-10-8-18(9-11-28)17-29-12-14-30(15-13-29)25(31)19-6-7-21-23(16-19)27-22-5-3-2-4-20(22)24(21)26/h2-5,18-19H,6-17H2,1H3. The molecule has 0 saturated carbocycles. The Morgan fingerprint density at radius 1 is 1.06 bits per heavy atom. The van der Waals surface area contributed by atoms with Crippen LogP contribution in [0, 0.1) is 11.8 Å². The molecule has 1 unspecified atom stereocenters. The molecule has 1 aliphatic carbocycles. The van der Waals surface area contributed by atoms with Crippen LogP contribution >= 0.6 is 11.6 Å². The van der Waals surface area contributed by atoms with Crippen molar-refractivity contribution in [3.05, 3.63) is 40.5 Å². The maximum absolute atomic E-state index is 13.3. The molecule has 1 atom stereocenters. The van der Waals surface area contributed by atoms with Crippen LogP contribution in [0.1, 0.15) is 30.5 Å². The number of carbonyl (C=O) groups excluding carboxylic acids is 1. The minimum Gasteiger partial charge on any atom is -0.340 e. The van der Waals surface area contributed by atoms with Crippen molar-refractivity contribution >= 4 is 28.4 Å². The van der Waals surface area contributed by atoms with E-state index in [0.29, 0.717) is 12.3 Å². The van der Waals surface area contributed by atoms with Crippen molar-refractivity contribution in [1.82, 2.24) is 19.7 Å². The average Bonchev–Trinajstić information content (AvgIpc) is 2.80. The van der Waals surface area contributed by atoms with Gasteiger partial charge in [0.05, 0.1) is 10.5 Å². The van der Waals surface area contributed by atoms with E-state index in [4.69, 9.17) is 16.6 Å². The summed E-state index contributed by atoms with van der Waals surface area (Å²) in [4.78, 5) is 25.3. The molecular formula is C25H33ClN4O. The first-order chi connectivity index (χ1) is 15.1. The maximum Gasteiger partial charge on any atom is 0.226 e. The molecule has 2 saturated heterocycles. The van der Waals surface area contributed by atoms with Crippen molar-refractivity contribution in [1.29, 1.82) is 0 Å². The number of hydrogen-bond donors (Lipinski definition) is 0. The van der Waals surface area contributed by atoms with Crippen LogP contribution < -0.4 is 0 Å². The number of para-hydroxylation sites is 1. The van der Waals surface area contributed by atoms with Gasteiger partial charge in [0.2, 0.25) is 5.91 Å². The van der Waals surface area contributed by atoms with Gasteiger partial charge in [-0.3, -0.25) is 14.7 Å². The van der Waals surface area contributed by atoms with Gasteiger partial charge in [0.15, 0.2) is 0 Å². The number of aromatic nitrogens is 1. The van der Waals surface area contributed by atoms with Gasteiger partial charge in [-0.25, -0.2) is 0 Å². The molecule has 5 rings (SSSR count). The molecule has 5 nitrogen and oxygen atoms in total. The average molecular weight is 441 g/mol. The zero-order valence-electron chi connectivity index (χ0n) is 18.5. The lowest BCUT2D eigenvalue weighted by Crippen LogP contribution is -2.52. The van der Waals surface area contributed by atoms with Crippen molar-refractivity contribution in [3.8, 4) is 0 Å². The molecule has 2 aliphatic heterocycles. The Morgan fingerprint density at radius 3 is 2.58 bits per heavy atom. The zero-order valence-corrected chi connectivity index (χ0v) is 19.3. The number of carbonyl (C=O) groups is 1. The zero-order chi connectivity index (χ0) is 21.4. The summed E-state index contributed by atoms with van der Waals surface area (Å²) in [5.41, 5.74) is 3.10. The Balaban J connectivity index is 1.18. The third kappa shape index (κ3) is 4.46. The van der Waals surface area contributed by atoms with Gasteiger partial charge in [0, 0.05) is 56.1 Å². The molecule has 6 heteroatoms. The van der Waals surface area contributed by atoms with E-state index in [1.807, 2.05) is 24.3 Å². The van der Waals surface area contributed by atoms with E-state index in [9.17, 15) is 4.79 Å². The quantitative estimate of drug-likeness (QED) is 0.732. The van der Waals surface area contributed by atoms with E-state index in [0.717, 1.165) is 72.1 Å². The topological polar surface area (TPSA) is 39.7 Å². The Kier molecular flexibility index (Phi) is 6.18. The highest BCUT2D eigenvalue weighted by Crippen LogP contribution is 2.35. The van der Waals surface area contributed by atoms with Gasteiger partial charge in [-0.1, -0.05) is 29.8 Å². The van der Waals surface area contributed by atoms with E-state index in [1.165, 1.54) is 32.5 Å². The van der Waals surface area contributed by atoms with Crippen LogP contribution in [0.2, 0.25) is 5.02 Å². The Hall–Kier alpha value is -1.69. The summed E-state index contributed by atoms with van der Waals surface area (Å²) in [6, 6.07) is 8.04. The van der Waals surface area contributed by atoms with Crippen LogP contribution in [0.4, 0.5) is 0 Å². The predicted octanol–water partition coefficient (Wildman–Crippen LogP) is 3.48. The molecule has 1 aromatic carbocycles. The molecule has 31 heavy (non-hydrogen) atoms. The van der Waals surface area contributed by atoms with Crippen LogP contribution in [0.25, 0.3) is 10.9 Å². The highest BCUT2D eigenvalue weighted by Gasteiger charge is 2.32. The number of piperazine rings is 1. The minimum absolute atomic E-state index is 0.0395. The van der Waals surface area contributed by atoms with Gasteiger partial charge >= 0.3 is 0 Å². The number of nitrogens with zero attached hydrogens (tertiary/aromatic N) is 4. The van der Waals surface area contributed by atoms with E-state index in [-0.39, 0.29) is 5.92 Å². The first-order valence-corrected chi connectivity index (χ1v) is 12.2. The van der Waals surface area contributed by atoms with E-state index in [1.54, 1.807) is 0 Å². The Bertz CT molecular complexity index is 948. The summed E-state index contributed by atoms with van der Waals surface area (Å²) in [7, 11) is 2.22. The van der Waals surface area contributed by atoms with Gasteiger partial charge in [-0.05, 0) is 63.4 Å². The summed E-state index contributed by atoms with van der Waals surface area (Å²) in [6.45, 7) is 7.38. The second-order valence-electron chi connectivity index (χ2n) is 9.68. The van der Waals surface area contributed by atoms with Gasteiger partial charge < -0.3 is 9.80 Å². The van der Waals surface area contributed by atoms with Crippen molar-refractivity contribution in [2.75, 3.05) is 52.9 Å². The first-order valence-electron chi connectivity index (χ1n) is 11.8. The van der Waals surface area contributed by atoms with Gasteiger partial charge in [-0.2, -0.15) is 0 Å². The van der Waals surface area contributed by atoms with Crippen LogP contribution in [0.15, 0.2) is 24.3 Å². The van der Waals surface area contributed by atoms with E-state index in [2.05, 4.69) is 21.7 Å². The molecule has 2 aromatic rings. The fraction of sp³-hybridized carbons (Fsp3) is 0.600. The van der Waals surface area contributed by atoms with E-state index < -0.39 is 0 Å². The van der Waals surface area contributed by atoms with Crippen molar-refractivity contribution in [2.45, 2.75) is 32.1 Å². The van der Waals surface area contributed by atoms with Gasteiger partial charge in [0.1, 0.15) is 0 Å². The number of benzene rings is 1. The van der Waals surface area contributed by atoms with Crippen LogP contribution in [-0.2, 0) is 17.6 Å². The van der Waals surface area contributed by atoms with Crippen molar-refractivity contribution in [2.24, 2.45) is 11.8 Å². The molecule has 0 N–H and O–H groups in total. The van der Waals surface area contributed by atoms with Crippen molar-refractivity contribution in [3.63, 3.8) is 0 Å². The second-order valence-corrected chi connectivity index (χ2v) is 10.1. The van der Waals surface area contributed by atoms with Crippen LogP contribution in [0.3, 0.4) is 0 Å². The molecule has 0 bridgehead atoms. The smallest absolute Gasteiger partial charge is 0.226 e. The molecule has 1 amide bonds. The SMILES string of the molecule is CN1CCC(CN2CCN(C(=O)C3CCc4c(nc5ccccc5c4Cl)C3)CC2)CC1. The number of pyridine rings is 1. The summed E-state index contributed by atoms with van der Waals surface area (Å²) in [6.07, 6.45) is 5.05. The fourth-order valence-electron chi connectivity index (χ4n) is 5.57. The Morgan fingerprint density at radius 2 is 1.81 bits per heavy atom. The second kappa shape index (κ2) is 9.05. The highest BCUT2D eigenvalue weighted by atomic mass is 35.5. The fourth-order valence-corrected chi connectivity index (χ4v) is 5.93. The minimum atomic E-state index is 0.0395. The molecule has 2 fully saturated rings. The van der Waals surface area contributed by atoms with Gasteiger partial charge in [-0.15, -0.1) is 0 Å². The molecule has 3 heterocycles. The van der Waals surface area contributed by atoms with E-state index >= 15 is 0 Å². The normalized spacial score (nSPS) is 23.8.